The monoisotopic (exact) mass is 313 g/mol. The first-order valence-corrected chi connectivity index (χ1v) is 8.19. The number of carbonyl (C=O) groups is 1. The fourth-order valence-corrected chi connectivity index (χ4v) is 3.05. The predicted octanol–water partition coefficient (Wildman–Crippen LogP) is 3.53. The van der Waals surface area contributed by atoms with Gasteiger partial charge in [-0.1, -0.05) is 12.1 Å². The Kier molecular flexibility index (Phi) is 4.65. The number of anilines is 1. The molecule has 23 heavy (non-hydrogen) atoms. The molecule has 0 spiro atoms. The molecule has 0 saturated heterocycles. The number of benzene rings is 1. The third-order valence-corrected chi connectivity index (χ3v) is 4.38. The summed E-state index contributed by atoms with van der Waals surface area (Å²) in [6.07, 6.45) is 5.21. The van der Waals surface area contributed by atoms with Gasteiger partial charge in [0, 0.05) is 11.3 Å². The number of hydrogen-bond acceptors (Lipinski definition) is 3. The van der Waals surface area contributed by atoms with Crippen LogP contribution in [-0.4, -0.2) is 22.2 Å². The second kappa shape index (κ2) is 6.86. The van der Waals surface area contributed by atoms with E-state index < -0.39 is 0 Å². The van der Waals surface area contributed by atoms with Crippen LogP contribution < -0.4 is 10.1 Å². The molecule has 1 heterocycles. The van der Waals surface area contributed by atoms with Gasteiger partial charge >= 0.3 is 0 Å². The summed E-state index contributed by atoms with van der Waals surface area (Å²) < 4.78 is 6.06. The number of H-pyrrole nitrogens is 1. The zero-order valence-corrected chi connectivity index (χ0v) is 13.7. The number of nitrogens with zero attached hydrogens (tertiary/aromatic N) is 1. The number of para-hydroxylation sites is 2. The van der Waals surface area contributed by atoms with Gasteiger partial charge in [0.05, 0.1) is 23.9 Å². The van der Waals surface area contributed by atoms with Crippen LogP contribution in [0.2, 0.25) is 0 Å². The molecule has 0 bridgehead atoms. The van der Waals surface area contributed by atoms with E-state index in [-0.39, 0.29) is 12.0 Å². The first kappa shape index (κ1) is 15.6. The van der Waals surface area contributed by atoms with E-state index in [4.69, 9.17) is 4.74 Å². The number of aromatic amines is 1. The molecule has 122 valence electrons. The molecule has 0 radical (unpaired) electrons. The molecule has 1 aromatic carbocycles. The minimum Gasteiger partial charge on any atom is -0.488 e. The second-order valence-electron chi connectivity index (χ2n) is 6.16. The van der Waals surface area contributed by atoms with Crippen molar-refractivity contribution in [1.82, 2.24) is 10.2 Å². The van der Waals surface area contributed by atoms with E-state index >= 15 is 0 Å². The zero-order chi connectivity index (χ0) is 16.2. The van der Waals surface area contributed by atoms with Crippen LogP contribution in [0, 0.1) is 13.8 Å². The molecular weight excluding hydrogens is 290 g/mol. The Morgan fingerprint density at radius 1 is 1.30 bits per heavy atom. The van der Waals surface area contributed by atoms with Gasteiger partial charge in [0.15, 0.2) is 0 Å². The molecule has 0 atom stereocenters. The smallest absolute Gasteiger partial charge is 0.229 e. The molecule has 1 saturated carbocycles. The summed E-state index contributed by atoms with van der Waals surface area (Å²) >= 11 is 0. The number of ether oxygens (including phenoxy) is 1. The lowest BCUT2D eigenvalue weighted by atomic mass is 10.1. The van der Waals surface area contributed by atoms with Crippen molar-refractivity contribution in [1.29, 1.82) is 0 Å². The quantitative estimate of drug-likeness (QED) is 0.887. The number of amides is 1. The lowest BCUT2D eigenvalue weighted by Gasteiger charge is -2.17. The van der Waals surface area contributed by atoms with Crippen molar-refractivity contribution < 1.29 is 9.53 Å². The van der Waals surface area contributed by atoms with Crippen LogP contribution in [-0.2, 0) is 11.2 Å². The highest BCUT2D eigenvalue weighted by molar-refractivity contribution is 5.93. The molecule has 5 nitrogen and oxygen atoms in total. The number of aromatic nitrogens is 2. The molecule has 2 aromatic rings. The van der Waals surface area contributed by atoms with Gasteiger partial charge in [0.25, 0.3) is 0 Å². The number of hydrogen-bond donors (Lipinski definition) is 2. The van der Waals surface area contributed by atoms with E-state index in [1.807, 2.05) is 38.1 Å². The second-order valence-corrected chi connectivity index (χ2v) is 6.16. The molecule has 0 unspecified atom stereocenters. The van der Waals surface area contributed by atoms with Gasteiger partial charge in [-0.15, -0.1) is 0 Å². The van der Waals surface area contributed by atoms with Crippen molar-refractivity contribution in [2.45, 2.75) is 52.1 Å². The SMILES string of the molecule is Cc1n[nH]c(C)c1CC(=O)Nc1ccccc1OC1CCCC1. The Labute approximate surface area is 136 Å². The summed E-state index contributed by atoms with van der Waals surface area (Å²) in [5, 5.41) is 10.0. The van der Waals surface area contributed by atoms with Crippen LogP contribution in [0.5, 0.6) is 5.75 Å². The van der Waals surface area contributed by atoms with Gasteiger partial charge in [-0.3, -0.25) is 9.89 Å². The van der Waals surface area contributed by atoms with Crippen molar-refractivity contribution >= 4 is 11.6 Å². The van der Waals surface area contributed by atoms with Gasteiger partial charge in [0.2, 0.25) is 5.91 Å². The summed E-state index contributed by atoms with van der Waals surface area (Å²) in [4.78, 5) is 12.4. The Balaban J connectivity index is 1.68. The van der Waals surface area contributed by atoms with E-state index in [0.717, 1.165) is 41.2 Å². The van der Waals surface area contributed by atoms with E-state index in [0.29, 0.717) is 6.42 Å². The van der Waals surface area contributed by atoms with E-state index in [1.54, 1.807) is 0 Å². The number of carbonyl (C=O) groups excluding carboxylic acids is 1. The summed E-state index contributed by atoms with van der Waals surface area (Å²) in [5.74, 6) is 0.702. The Morgan fingerprint density at radius 3 is 2.74 bits per heavy atom. The average Bonchev–Trinajstić information content (AvgIpc) is 3.14. The van der Waals surface area contributed by atoms with Crippen molar-refractivity contribution in [2.75, 3.05) is 5.32 Å². The molecular formula is C18H23N3O2. The maximum atomic E-state index is 12.4. The van der Waals surface area contributed by atoms with Crippen LogP contribution in [0.1, 0.15) is 42.6 Å². The van der Waals surface area contributed by atoms with Crippen molar-refractivity contribution in [3.05, 3.63) is 41.2 Å². The van der Waals surface area contributed by atoms with E-state index in [1.165, 1.54) is 12.8 Å². The maximum Gasteiger partial charge on any atom is 0.229 e. The molecule has 1 aliphatic rings. The minimum absolute atomic E-state index is 0.0555. The van der Waals surface area contributed by atoms with Gasteiger partial charge in [-0.25, -0.2) is 0 Å². The van der Waals surface area contributed by atoms with Crippen molar-refractivity contribution in [3.63, 3.8) is 0 Å². The Hall–Kier alpha value is -2.30. The van der Waals surface area contributed by atoms with E-state index in [9.17, 15) is 4.79 Å². The highest BCUT2D eigenvalue weighted by Gasteiger charge is 2.19. The highest BCUT2D eigenvalue weighted by atomic mass is 16.5. The van der Waals surface area contributed by atoms with Crippen LogP contribution in [0.25, 0.3) is 0 Å². The standard InChI is InChI=1S/C18H23N3O2/c1-12-15(13(2)21-20-12)11-18(22)19-16-9-5-6-10-17(16)23-14-7-3-4-8-14/h5-6,9-10,14H,3-4,7-8,11H2,1-2H3,(H,19,22)(H,20,21). The largest absolute Gasteiger partial charge is 0.488 e. The molecule has 0 aliphatic heterocycles. The molecule has 1 aliphatic carbocycles. The van der Waals surface area contributed by atoms with Gasteiger partial charge in [-0.2, -0.15) is 5.10 Å². The molecule has 3 rings (SSSR count). The van der Waals surface area contributed by atoms with Crippen LogP contribution in [0.4, 0.5) is 5.69 Å². The van der Waals surface area contributed by atoms with E-state index in [2.05, 4.69) is 15.5 Å². The van der Waals surface area contributed by atoms with Gasteiger partial charge < -0.3 is 10.1 Å². The van der Waals surface area contributed by atoms with Gasteiger partial charge in [-0.05, 0) is 51.7 Å². The van der Waals surface area contributed by atoms with Crippen molar-refractivity contribution in [3.8, 4) is 5.75 Å². The number of nitrogens with one attached hydrogen (secondary N) is 2. The molecule has 1 aromatic heterocycles. The molecule has 1 amide bonds. The average molecular weight is 313 g/mol. The third-order valence-electron chi connectivity index (χ3n) is 4.38. The van der Waals surface area contributed by atoms with Crippen LogP contribution in [0.15, 0.2) is 24.3 Å². The zero-order valence-electron chi connectivity index (χ0n) is 13.7. The first-order valence-electron chi connectivity index (χ1n) is 8.19. The topological polar surface area (TPSA) is 67.0 Å². The fourth-order valence-electron chi connectivity index (χ4n) is 3.05. The van der Waals surface area contributed by atoms with Crippen molar-refractivity contribution in [2.24, 2.45) is 0 Å². The van der Waals surface area contributed by atoms with Gasteiger partial charge in [0.1, 0.15) is 5.75 Å². The highest BCUT2D eigenvalue weighted by Crippen LogP contribution is 2.29. The summed E-state index contributed by atoms with van der Waals surface area (Å²) in [5.41, 5.74) is 3.50. The Morgan fingerprint density at radius 2 is 2.04 bits per heavy atom. The number of rotatable bonds is 5. The third kappa shape index (κ3) is 3.73. The lowest BCUT2D eigenvalue weighted by Crippen LogP contribution is -2.17. The molecule has 1 fully saturated rings. The Bertz CT molecular complexity index is 668. The lowest BCUT2D eigenvalue weighted by molar-refractivity contribution is -0.115. The molecule has 2 N–H and O–H groups in total. The molecule has 5 heteroatoms. The van der Waals surface area contributed by atoms with Crippen LogP contribution in [0.3, 0.4) is 0 Å². The summed E-state index contributed by atoms with van der Waals surface area (Å²) in [7, 11) is 0. The summed E-state index contributed by atoms with van der Waals surface area (Å²) in [6, 6.07) is 7.65. The normalized spacial score (nSPS) is 14.9. The summed E-state index contributed by atoms with van der Waals surface area (Å²) in [6.45, 7) is 3.84. The predicted molar refractivity (Wildman–Crippen MR) is 89.7 cm³/mol. The first-order chi connectivity index (χ1) is 11.1. The number of aryl methyl sites for hydroxylation is 2. The fraction of sp³-hybridized carbons (Fsp3) is 0.444. The minimum atomic E-state index is -0.0555. The maximum absolute atomic E-state index is 12.4. The van der Waals surface area contributed by atoms with Crippen LogP contribution >= 0.6 is 0 Å².